The molecule has 3 rings (SSSR count). The highest BCUT2D eigenvalue weighted by Crippen LogP contribution is 2.36. The van der Waals surface area contributed by atoms with Crippen LogP contribution >= 0.6 is 11.3 Å². The smallest absolute Gasteiger partial charge is 0.341 e. The van der Waals surface area contributed by atoms with Crippen LogP contribution in [0.15, 0.2) is 18.2 Å². The van der Waals surface area contributed by atoms with E-state index in [0.29, 0.717) is 53.9 Å². The van der Waals surface area contributed by atoms with E-state index in [1.807, 2.05) is 19.9 Å². The summed E-state index contributed by atoms with van der Waals surface area (Å²) < 4.78 is 10.8. The molecule has 1 aromatic carbocycles. The van der Waals surface area contributed by atoms with Gasteiger partial charge in [-0.3, -0.25) is 14.5 Å². The van der Waals surface area contributed by atoms with Crippen molar-refractivity contribution in [2.45, 2.75) is 27.3 Å². The van der Waals surface area contributed by atoms with Crippen molar-refractivity contribution in [1.29, 1.82) is 0 Å². The van der Waals surface area contributed by atoms with Crippen molar-refractivity contribution in [2.75, 3.05) is 52.3 Å². The van der Waals surface area contributed by atoms with Gasteiger partial charge in [-0.25, -0.2) is 4.79 Å². The summed E-state index contributed by atoms with van der Waals surface area (Å²) in [4.78, 5) is 43.2. The molecule has 0 spiro atoms. The van der Waals surface area contributed by atoms with Crippen LogP contribution in [0.2, 0.25) is 0 Å². The number of aryl methyl sites for hydroxylation is 2. The molecule has 2 heterocycles. The quantitative estimate of drug-likeness (QED) is 0.621. The van der Waals surface area contributed by atoms with E-state index in [9.17, 15) is 14.4 Å². The Morgan fingerprint density at radius 2 is 1.76 bits per heavy atom. The van der Waals surface area contributed by atoms with Gasteiger partial charge in [-0.2, -0.15) is 0 Å². The zero-order valence-electron chi connectivity index (χ0n) is 19.8. The first-order valence-corrected chi connectivity index (χ1v) is 11.8. The number of amides is 2. The number of nitrogens with zero attached hydrogens (tertiary/aromatic N) is 2. The average Bonchev–Trinajstić information content (AvgIpc) is 3.10. The van der Waals surface area contributed by atoms with Crippen LogP contribution in [0.3, 0.4) is 0 Å². The van der Waals surface area contributed by atoms with Crippen molar-refractivity contribution < 1.29 is 23.9 Å². The first-order valence-electron chi connectivity index (χ1n) is 11.0. The molecule has 33 heavy (non-hydrogen) atoms. The minimum atomic E-state index is -0.550. The summed E-state index contributed by atoms with van der Waals surface area (Å²) in [5.74, 6) is -1.11. The first kappa shape index (κ1) is 24.9. The lowest BCUT2D eigenvalue weighted by Gasteiger charge is -2.27. The van der Waals surface area contributed by atoms with E-state index in [1.165, 1.54) is 4.90 Å². The number of esters is 1. The lowest BCUT2D eigenvalue weighted by atomic mass is 10.1. The Morgan fingerprint density at radius 1 is 1.12 bits per heavy atom. The van der Waals surface area contributed by atoms with Crippen LogP contribution in [-0.2, 0) is 16.0 Å². The second-order valence-corrected chi connectivity index (χ2v) is 9.27. The number of nitrogens with one attached hydrogen (secondary N) is 1. The Kier molecular flexibility index (Phi) is 8.23. The molecular weight excluding hydrogens is 442 g/mol. The van der Waals surface area contributed by atoms with Gasteiger partial charge in [0.05, 0.1) is 30.3 Å². The Bertz CT molecular complexity index is 1020. The van der Waals surface area contributed by atoms with Crippen molar-refractivity contribution in [1.82, 2.24) is 9.80 Å². The summed E-state index contributed by atoms with van der Waals surface area (Å²) in [6, 6.07) is 5.57. The predicted octanol–water partition coefficient (Wildman–Crippen LogP) is 3.33. The molecule has 8 nitrogen and oxygen atoms in total. The van der Waals surface area contributed by atoms with E-state index in [1.54, 1.807) is 33.2 Å². The zero-order chi connectivity index (χ0) is 24.1. The second-order valence-electron chi connectivity index (χ2n) is 8.25. The number of carbonyl (C=O) groups excluding carboxylic acids is 3. The van der Waals surface area contributed by atoms with Gasteiger partial charge < -0.3 is 19.7 Å². The maximum absolute atomic E-state index is 13.1. The van der Waals surface area contributed by atoms with Crippen molar-refractivity contribution in [3.05, 3.63) is 50.9 Å². The maximum atomic E-state index is 13.1. The van der Waals surface area contributed by atoms with Gasteiger partial charge in [0, 0.05) is 44.9 Å². The van der Waals surface area contributed by atoms with Crippen molar-refractivity contribution in [3.8, 4) is 0 Å². The fraction of sp³-hybridized carbons (Fsp3) is 0.458. The van der Waals surface area contributed by atoms with Gasteiger partial charge in [0.1, 0.15) is 5.00 Å². The molecule has 1 saturated heterocycles. The normalized spacial score (nSPS) is 14.1. The van der Waals surface area contributed by atoms with Gasteiger partial charge >= 0.3 is 5.97 Å². The van der Waals surface area contributed by atoms with Gasteiger partial charge in [-0.15, -0.1) is 11.3 Å². The van der Waals surface area contributed by atoms with Gasteiger partial charge in [-0.05, 0) is 32.9 Å². The monoisotopic (exact) mass is 473 g/mol. The van der Waals surface area contributed by atoms with Crippen LogP contribution < -0.4 is 5.32 Å². The summed E-state index contributed by atoms with van der Waals surface area (Å²) in [7, 11) is 3.33. The Labute approximate surface area is 198 Å². The number of ether oxygens (including phenoxy) is 2. The third-order valence-corrected chi connectivity index (χ3v) is 6.42. The molecule has 0 bridgehead atoms. The third kappa shape index (κ3) is 5.98. The van der Waals surface area contributed by atoms with Gasteiger partial charge in [-0.1, -0.05) is 17.2 Å². The molecule has 2 aromatic rings. The number of hydrogen-bond acceptors (Lipinski definition) is 7. The molecule has 1 N–H and O–H groups in total. The topological polar surface area (TPSA) is 88.2 Å². The number of carbonyl (C=O) groups is 3. The van der Waals surface area contributed by atoms with Crippen molar-refractivity contribution >= 4 is 34.1 Å². The minimum Gasteiger partial charge on any atom is -0.462 e. The fourth-order valence-electron chi connectivity index (χ4n) is 3.76. The van der Waals surface area contributed by atoms with Gasteiger partial charge in [0.15, 0.2) is 0 Å². The standard InChI is InChI=1S/C24H31N3O5S/c1-6-32-24(30)19-18(14-27-7-9-31-10-8-27)20(23(29)26(4)5)33-22(19)25-21(28)17-12-15(2)11-16(3)13-17/h11-13H,6-10,14H2,1-5H3,(H,25,28). The van der Waals surface area contributed by atoms with E-state index < -0.39 is 5.97 Å². The molecule has 0 aliphatic carbocycles. The van der Waals surface area contributed by atoms with E-state index >= 15 is 0 Å². The summed E-state index contributed by atoms with van der Waals surface area (Å²) in [5.41, 5.74) is 3.25. The summed E-state index contributed by atoms with van der Waals surface area (Å²) >= 11 is 1.11. The third-order valence-electron chi connectivity index (χ3n) is 5.28. The number of rotatable bonds is 7. The van der Waals surface area contributed by atoms with Crippen LogP contribution in [0, 0.1) is 13.8 Å². The molecule has 1 aliphatic rings. The predicted molar refractivity (Wildman–Crippen MR) is 128 cm³/mol. The Balaban J connectivity index is 2.06. The van der Waals surface area contributed by atoms with Crippen LogP contribution in [0.1, 0.15) is 54.0 Å². The van der Waals surface area contributed by atoms with Crippen molar-refractivity contribution in [2.24, 2.45) is 0 Å². The van der Waals surface area contributed by atoms with E-state index in [0.717, 1.165) is 22.5 Å². The number of thiophene rings is 1. The molecule has 1 aromatic heterocycles. The summed E-state index contributed by atoms with van der Waals surface area (Å²) in [6.45, 7) is 8.72. The number of hydrogen-bond donors (Lipinski definition) is 1. The lowest BCUT2D eigenvalue weighted by Crippen LogP contribution is -2.36. The highest BCUT2D eigenvalue weighted by atomic mass is 32.1. The first-order chi connectivity index (χ1) is 15.7. The molecule has 0 saturated carbocycles. The average molecular weight is 474 g/mol. The molecular formula is C24H31N3O5S. The number of benzene rings is 1. The highest BCUT2D eigenvalue weighted by Gasteiger charge is 2.31. The molecule has 0 radical (unpaired) electrons. The maximum Gasteiger partial charge on any atom is 0.341 e. The zero-order valence-corrected chi connectivity index (χ0v) is 20.6. The van der Waals surface area contributed by atoms with Crippen molar-refractivity contribution in [3.63, 3.8) is 0 Å². The highest BCUT2D eigenvalue weighted by molar-refractivity contribution is 7.18. The fourth-order valence-corrected chi connectivity index (χ4v) is 4.98. The molecule has 178 valence electrons. The van der Waals surface area contributed by atoms with Crippen LogP contribution in [0.25, 0.3) is 0 Å². The van der Waals surface area contributed by atoms with Gasteiger partial charge in [0.25, 0.3) is 11.8 Å². The Morgan fingerprint density at radius 3 is 2.33 bits per heavy atom. The van der Waals surface area contributed by atoms with Crippen LogP contribution in [0.4, 0.5) is 5.00 Å². The lowest BCUT2D eigenvalue weighted by molar-refractivity contribution is 0.0336. The number of anilines is 1. The molecule has 1 fully saturated rings. The molecule has 9 heteroatoms. The molecule has 0 unspecified atom stereocenters. The summed E-state index contributed by atoms with van der Waals surface area (Å²) in [6.07, 6.45) is 0. The van der Waals surface area contributed by atoms with E-state index in [4.69, 9.17) is 9.47 Å². The SMILES string of the molecule is CCOC(=O)c1c(NC(=O)c2cc(C)cc(C)c2)sc(C(=O)N(C)C)c1CN1CCOCC1. The van der Waals surface area contributed by atoms with Crippen LogP contribution in [0.5, 0.6) is 0 Å². The van der Waals surface area contributed by atoms with E-state index in [-0.39, 0.29) is 24.0 Å². The number of morpholine rings is 1. The van der Waals surface area contributed by atoms with E-state index in [2.05, 4.69) is 10.2 Å². The molecule has 0 atom stereocenters. The molecule has 1 aliphatic heterocycles. The second kappa shape index (κ2) is 10.9. The minimum absolute atomic E-state index is 0.188. The Hall–Kier alpha value is -2.75. The van der Waals surface area contributed by atoms with Gasteiger partial charge in [0.2, 0.25) is 0 Å². The largest absolute Gasteiger partial charge is 0.462 e. The summed E-state index contributed by atoms with van der Waals surface area (Å²) in [5, 5.41) is 3.20. The van der Waals surface area contributed by atoms with Crippen LogP contribution in [-0.4, -0.2) is 74.6 Å². The molecule has 2 amide bonds.